The highest BCUT2D eigenvalue weighted by atomic mass is 16.3. The van der Waals surface area contributed by atoms with Crippen molar-refractivity contribution in [3.63, 3.8) is 0 Å². The van der Waals surface area contributed by atoms with E-state index in [1.54, 1.807) is 60.6 Å². The maximum atomic E-state index is 15.1. The second-order valence-electron chi connectivity index (χ2n) is 25.7. The van der Waals surface area contributed by atoms with Crippen LogP contribution in [0.15, 0.2) is 12.2 Å². The fourth-order valence-corrected chi connectivity index (χ4v) is 10.5. The van der Waals surface area contributed by atoms with Gasteiger partial charge in [0, 0.05) is 42.3 Å². The van der Waals surface area contributed by atoms with Gasteiger partial charge >= 0.3 is 0 Å². The molecule has 1 heterocycles. The van der Waals surface area contributed by atoms with Gasteiger partial charge in [-0.1, -0.05) is 109 Å². The zero-order valence-electron chi connectivity index (χ0n) is 55.1. The Bertz CT molecular complexity index is 2290. The Morgan fingerprint density at radius 1 is 0.464 bits per heavy atom. The van der Waals surface area contributed by atoms with Gasteiger partial charge in [0.25, 0.3) is 0 Å². The lowest BCUT2D eigenvalue weighted by Crippen LogP contribution is -2.63. The highest BCUT2D eigenvalue weighted by Gasteiger charge is 2.45. The number of allylic oxidation sites excluding steroid dienone is 2. The van der Waals surface area contributed by atoms with Gasteiger partial charge in [-0.15, -0.1) is 0 Å². The lowest BCUT2D eigenvalue weighted by Gasteiger charge is -2.41. The summed E-state index contributed by atoms with van der Waals surface area (Å²) in [5, 5.41) is 25.7. The summed E-state index contributed by atoms with van der Waals surface area (Å²) in [5.41, 5.74) is 0. The van der Waals surface area contributed by atoms with Gasteiger partial charge in [-0.3, -0.25) is 52.7 Å². The van der Waals surface area contributed by atoms with Gasteiger partial charge in [-0.2, -0.15) is 0 Å². The molecule has 0 aromatic heterocycles. The zero-order valence-corrected chi connectivity index (χ0v) is 55.1. The second-order valence-corrected chi connectivity index (χ2v) is 25.7. The fourth-order valence-electron chi connectivity index (χ4n) is 10.5. The monoisotopic (exact) mass is 1190 g/mol. The molecule has 23 nitrogen and oxygen atoms in total. The van der Waals surface area contributed by atoms with Crippen LogP contribution in [0.5, 0.6) is 0 Å². The van der Waals surface area contributed by atoms with Crippen LogP contribution in [0.3, 0.4) is 0 Å². The van der Waals surface area contributed by atoms with E-state index in [2.05, 4.69) is 26.6 Å². The number of hydrogen-bond acceptors (Lipinski definition) is 12. The molecule has 11 amide bonds. The summed E-state index contributed by atoms with van der Waals surface area (Å²) in [4.78, 5) is 166. The molecule has 12 atom stereocenters. The van der Waals surface area contributed by atoms with Gasteiger partial charge in [0.1, 0.15) is 60.4 Å². The van der Waals surface area contributed by atoms with Gasteiger partial charge in [0.15, 0.2) is 0 Å². The van der Waals surface area contributed by atoms with Crippen molar-refractivity contribution in [2.45, 2.75) is 223 Å². The van der Waals surface area contributed by atoms with Crippen molar-refractivity contribution in [2.24, 2.45) is 41.4 Å². The minimum absolute atomic E-state index is 0.0205. The molecule has 23 heteroatoms. The van der Waals surface area contributed by atoms with E-state index in [1.165, 1.54) is 75.7 Å². The lowest BCUT2D eigenvalue weighted by molar-refractivity contribution is -0.157. The lowest BCUT2D eigenvalue weighted by atomic mass is 9.91. The maximum Gasteiger partial charge on any atom is 0.246 e. The largest absolute Gasteiger partial charge is 0.390 e. The van der Waals surface area contributed by atoms with Crippen molar-refractivity contribution in [3.8, 4) is 0 Å². The highest BCUT2D eigenvalue weighted by Crippen LogP contribution is 2.25. The predicted octanol–water partition coefficient (Wildman–Crippen LogP) is 2.93. The molecule has 84 heavy (non-hydrogen) atoms. The molecular formula is C61H109N11O12. The molecule has 1 saturated heterocycles. The average molecular weight is 1190 g/mol. The first kappa shape index (κ1) is 75.9. The number of aliphatic hydroxyl groups excluding tert-OH is 1. The number of aliphatic hydroxyl groups is 1. The van der Waals surface area contributed by atoms with Gasteiger partial charge in [0.05, 0.1) is 12.6 Å². The van der Waals surface area contributed by atoms with Crippen molar-refractivity contribution in [1.82, 2.24) is 56.0 Å². The first-order valence-electron chi connectivity index (χ1n) is 30.2. The smallest absolute Gasteiger partial charge is 0.246 e. The molecule has 0 saturated carbocycles. The molecule has 6 N–H and O–H groups in total. The Kier molecular flexibility index (Phi) is 31.4. The van der Waals surface area contributed by atoms with Gasteiger partial charge < -0.3 is 61.1 Å². The topological polar surface area (TPSA) is 288 Å². The van der Waals surface area contributed by atoms with E-state index in [0.29, 0.717) is 6.42 Å². The molecule has 0 aliphatic carbocycles. The fraction of sp³-hybridized carbons (Fsp3) is 0.787. The zero-order chi connectivity index (χ0) is 65.1. The van der Waals surface area contributed by atoms with E-state index in [9.17, 15) is 48.3 Å². The first-order valence-corrected chi connectivity index (χ1v) is 30.2. The Balaban J connectivity index is 4.27. The molecule has 0 radical (unpaired) electrons. The van der Waals surface area contributed by atoms with E-state index in [4.69, 9.17) is 0 Å². The van der Waals surface area contributed by atoms with Crippen LogP contribution in [0.2, 0.25) is 0 Å². The van der Waals surface area contributed by atoms with E-state index in [-0.39, 0.29) is 55.8 Å². The van der Waals surface area contributed by atoms with Crippen LogP contribution in [-0.2, 0) is 52.7 Å². The Hall–Kier alpha value is -6.13. The van der Waals surface area contributed by atoms with Crippen LogP contribution in [0.1, 0.15) is 156 Å². The molecule has 0 bridgehead atoms. The number of carbonyl (C=O) groups is 11. The Labute approximate surface area is 502 Å². The van der Waals surface area contributed by atoms with Crippen molar-refractivity contribution in [3.05, 3.63) is 12.2 Å². The number of carbonyl (C=O) groups excluding carboxylic acids is 11. The predicted molar refractivity (Wildman–Crippen MR) is 324 cm³/mol. The summed E-state index contributed by atoms with van der Waals surface area (Å²) >= 11 is 0. The van der Waals surface area contributed by atoms with Crippen LogP contribution in [0.4, 0.5) is 0 Å². The third-order valence-electron chi connectivity index (χ3n) is 15.6. The molecule has 0 spiro atoms. The maximum absolute atomic E-state index is 15.1. The standard InChI is InChI=1S/C61H109N11O12/c1-24-26-27-39(15)51(74)50-55(78)65-42(25-2)57(80)67(18)32-47(73)64-43(28-33(3)4)53(76)66-48(37(11)12)60(83)68(19)44(29-34(5)6)54(77)62-40(16)52(75)63-41(17)56(79)69(20)45(30-35(7)8)58(81)70(21)46(31-36(9)10)59(82)71(22)49(38(13)14)61(84)72(50)23/h24,26,33-46,48-51,74H,25,27-32H2,1-23H3,(H,62,77)(H,63,75)(H,64,73)(H,65,78)(H,66,76)/t39?,40?,41?,42-,43-,44-,45-,46-,48-,49-,50-,51+/m0/s1. The summed E-state index contributed by atoms with van der Waals surface area (Å²) in [5.74, 6) is -9.86. The molecule has 1 aliphatic rings. The van der Waals surface area contributed by atoms with Crippen LogP contribution in [0, 0.1) is 41.4 Å². The van der Waals surface area contributed by atoms with Crippen molar-refractivity contribution < 1.29 is 57.8 Å². The molecule has 480 valence electrons. The normalized spacial score (nSPS) is 27.0. The summed E-state index contributed by atoms with van der Waals surface area (Å²) in [7, 11) is 8.46. The van der Waals surface area contributed by atoms with Crippen molar-refractivity contribution >= 4 is 65.0 Å². The molecule has 1 fully saturated rings. The molecule has 0 aromatic rings. The van der Waals surface area contributed by atoms with Crippen molar-refractivity contribution in [1.29, 1.82) is 0 Å². The molecule has 1 aliphatic heterocycles. The van der Waals surface area contributed by atoms with Gasteiger partial charge in [-0.05, 0) is 101 Å². The number of likely N-dealkylation sites (N-methyl/N-ethyl adjacent to an activating group) is 6. The summed E-state index contributed by atoms with van der Waals surface area (Å²) in [6.45, 7) is 29.2. The summed E-state index contributed by atoms with van der Waals surface area (Å²) in [6.07, 6.45) is 3.01. The van der Waals surface area contributed by atoms with Gasteiger partial charge in [-0.25, -0.2) is 0 Å². The molecular weight excluding hydrogens is 1080 g/mol. The highest BCUT2D eigenvalue weighted by molar-refractivity contribution is 5.99. The second kappa shape index (κ2) is 34.7. The Morgan fingerprint density at radius 2 is 0.917 bits per heavy atom. The average Bonchev–Trinajstić information content (AvgIpc) is 3.34. The van der Waals surface area contributed by atoms with Crippen molar-refractivity contribution in [2.75, 3.05) is 48.8 Å². The van der Waals surface area contributed by atoms with Crippen LogP contribution in [0.25, 0.3) is 0 Å². The number of amides is 11. The quantitative estimate of drug-likeness (QED) is 0.129. The van der Waals surface area contributed by atoms with Crippen LogP contribution in [-0.4, -0.2) is 215 Å². The Morgan fingerprint density at radius 3 is 1.38 bits per heavy atom. The van der Waals surface area contributed by atoms with E-state index < -0.39 is 156 Å². The van der Waals surface area contributed by atoms with Crippen LogP contribution < -0.4 is 26.6 Å². The third-order valence-corrected chi connectivity index (χ3v) is 15.6. The minimum Gasteiger partial charge on any atom is -0.390 e. The summed E-state index contributed by atoms with van der Waals surface area (Å²) in [6, 6.07) is -12.4. The number of rotatable bonds is 15. The summed E-state index contributed by atoms with van der Waals surface area (Å²) < 4.78 is 0. The van der Waals surface area contributed by atoms with E-state index in [0.717, 1.165) is 9.80 Å². The van der Waals surface area contributed by atoms with Crippen LogP contribution >= 0.6 is 0 Å². The molecule has 3 unspecified atom stereocenters. The minimum atomic E-state index is -1.61. The molecule has 1 rings (SSSR count). The molecule has 0 aromatic carbocycles. The van der Waals surface area contributed by atoms with Gasteiger partial charge in [0.2, 0.25) is 65.0 Å². The number of nitrogens with zero attached hydrogens (tertiary/aromatic N) is 6. The SMILES string of the molecule is CC=CCC(C)[C@@H](O)[C@H]1C(=O)N[C@@H](CC)C(=O)N(C)CC(=O)N[C@@H](CC(C)C)C(=O)N[C@@H](C(C)C)C(=O)N(C)[C@@H](CC(C)C)C(=O)NC(C)C(=O)NC(C)C(=O)N(C)[C@@H](CC(C)C)C(=O)N(C)[C@@H](CC(C)C)C(=O)N(C)[C@@H](C(C)C)C(=O)N1C. The third kappa shape index (κ3) is 21.7. The first-order chi connectivity index (χ1) is 38.8. The van der Waals surface area contributed by atoms with E-state index >= 15 is 9.59 Å². The van der Waals surface area contributed by atoms with E-state index in [1.807, 2.05) is 55.4 Å². The number of nitrogens with one attached hydrogen (secondary N) is 5. The number of hydrogen-bond donors (Lipinski definition) is 6.